The Morgan fingerprint density at radius 3 is 2.57 bits per heavy atom. The van der Waals surface area contributed by atoms with E-state index >= 15 is 0 Å². The highest BCUT2D eigenvalue weighted by Gasteiger charge is 2.21. The molecule has 0 spiro atoms. The molecule has 0 radical (unpaired) electrons. The number of rotatable bonds is 8. The molecule has 1 N–H and O–H groups in total. The maximum atomic E-state index is 12.5. The van der Waals surface area contributed by atoms with Crippen molar-refractivity contribution in [2.24, 2.45) is 0 Å². The Morgan fingerprint density at radius 2 is 1.86 bits per heavy atom. The number of nitrogens with zero attached hydrogens (tertiary/aromatic N) is 4. The molecule has 4 rings (SSSR count). The highest BCUT2D eigenvalue weighted by Crippen LogP contribution is 2.29. The number of thioether (sulfide) groups is 1. The van der Waals surface area contributed by atoms with Crippen LogP contribution in [0.15, 0.2) is 58.1 Å². The number of ether oxygens (including phenoxy) is 1. The fourth-order valence-electron chi connectivity index (χ4n) is 3.58. The summed E-state index contributed by atoms with van der Waals surface area (Å²) in [6, 6.07) is 15.9. The molecule has 0 unspecified atom stereocenters. The van der Waals surface area contributed by atoms with E-state index in [0.29, 0.717) is 48.7 Å². The SMILES string of the molecule is CN(Cc1ccccc1)c1cc(C(C)(C)C)nc(SCc2ccc(C(=O)NN3CCOCC3)o2)n1. The average molecular weight is 496 g/mol. The van der Waals surface area contributed by atoms with E-state index in [4.69, 9.17) is 19.1 Å². The molecule has 8 nitrogen and oxygen atoms in total. The summed E-state index contributed by atoms with van der Waals surface area (Å²) in [5, 5.41) is 2.53. The smallest absolute Gasteiger partial charge is 0.301 e. The van der Waals surface area contributed by atoms with Gasteiger partial charge in [0.2, 0.25) is 0 Å². The molecule has 1 saturated heterocycles. The maximum absolute atomic E-state index is 12.5. The van der Waals surface area contributed by atoms with Crippen LogP contribution in [-0.4, -0.2) is 54.2 Å². The Labute approximate surface area is 211 Å². The number of carbonyl (C=O) groups is 1. The Kier molecular flexibility index (Phi) is 8.10. The molecule has 3 aromatic rings. The van der Waals surface area contributed by atoms with Crippen LogP contribution in [0.5, 0.6) is 0 Å². The molecule has 35 heavy (non-hydrogen) atoms. The predicted molar refractivity (Wildman–Crippen MR) is 137 cm³/mol. The summed E-state index contributed by atoms with van der Waals surface area (Å²) < 4.78 is 11.1. The third kappa shape index (κ3) is 7.06. The third-order valence-electron chi connectivity index (χ3n) is 5.61. The van der Waals surface area contributed by atoms with E-state index in [0.717, 1.165) is 18.1 Å². The average Bonchev–Trinajstić information content (AvgIpc) is 3.33. The minimum Gasteiger partial charge on any atom is -0.455 e. The second-order valence-corrected chi connectivity index (χ2v) is 10.5. The van der Waals surface area contributed by atoms with Crippen LogP contribution in [0.2, 0.25) is 0 Å². The number of hydrazine groups is 1. The number of hydrogen-bond acceptors (Lipinski definition) is 8. The van der Waals surface area contributed by atoms with Crippen LogP contribution in [0.3, 0.4) is 0 Å². The summed E-state index contributed by atoms with van der Waals surface area (Å²) in [5.74, 6) is 2.14. The first kappa shape index (κ1) is 25.2. The van der Waals surface area contributed by atoms with Gasteiger partial charge in [-0.2, -0.15) is 0 Å². The second-order valence-electron chi connectivity index (χ2n) is 9.58. The van der Waals surface area contributed by atoms with Crippen molar-refractivity contribution in [2.75, 3.05) is 38.3 Å². The van der Waals surface area contributed by atoms with Gasteiger partial charge in [0.25, 0.3) is 0 Å². The molecule has 2 aromatic heterocycles. The summed E-state index contributed by atoms with van der Waals surface area (Å²) >= 11 is 1.50. The molecule has 3 heterocycles. The van der Waals surface area contributed by atoms with Crippen molar-refractivity contribution < 1.29 is 13.9 Å². The molecule has 186 valence electrons. The standard InChI is InChI=1S/C26H33N5O3S/c1-26(2,3)22-16-23(30(4)17-19-8-6-5-7-9-19)28-25(27-22)35-18-20-10-11-21(34-20)24(32)29-31-12-14-33-15-13-31/h5-11,16H,12-15,17-18H2,1-4H3,(H,29,32). The van der Waals surface area contributed by atoms with Gasteiger partial charge >= 0.3 is 5.91 Å². The van der Waals surface area contributed by atoms with Crippen molar-refractivity contribution in [2.45, 2.75) is 43.6 Å². The van der Waals surface area contributed by atoms with Gasteiger partial charge in [-0.3, -0.25) is 10.2 Å². The number of amides is 1. The predicted octanol–water partition coefficient (Wildman–Crippen LogP) is 4.27. The minimum atomic E-state index is -0.251. The largest absolute Gasteiger partial charge is 0.455 e. The topological polar surface area (TPSA) is 83.7 Å². The van der Waals surface area contributed by atoms with Crippen molar-refractivity contribution >= 4 is 23.5 Å². The molecule has 0 aliphatic carbocycles. The van der Waals surface area contributed by atoms with Gasteiger partial charge in [-0.15, -0.1) is 0 Å². The number of furan rings is 1. The van der Waals surface area contributed by atoms with Gasteiger partial charge in [0.05, 0.1) is 24.7 Å². The van der Waals surface area contributed by atoms with Crippen molar-refractivity contribution in [3.63, 3.8) is 0 Å². The van der Waals surface area contributed by atoms with Crippen LogP contribution in [0.1, 0.15) is 48.3 Å². The van der Waals surface area contributed by atoms with Crippen molar-refractivity contribution in [1.29, 1.82) is 0 Å². The van der Waals surface area contributed by atoms with Gasteiger partial charge in [-0.05, 0) is 17.7 Å². The molecule has 1 aliphatic heterocycles. The molecule has 1 fully saturated rings. The summed E-state index contributed by atoms with van der Waals surface area (Å²) in [7, 11) is 2.04. The first-order valence-electron chi connectivity index (χ1n) is 11.8. The summed E-state index contributed by atoms with van der Waals surface area (Å²) in [6.45, 7) is 9.75. The van der Waals surface area contributed by atoms with Crippen LogP contribution in [0.25, 0.3) is 0 Å². The van der Waals surface area contributed by atoms with Gasteiger partial charge in [0.15, 0.2) is 10.9 Å². The lowest BCUT2D eigenvalue weighted by Gasteiger charge is -2.26. The highest BCUT2D eigenvalue weighted by molar-refractivity contribution is 7.98. The van der Waals surface area contributed by atoms with Gasteiger partial charge < -0.3 is 14.1 Å². The molecule has 9 heteroatoms. The van der Waals surface area contributed by atoms with Crippen LogP contribution < -0.4 is 10.3 Å². The number of aromatic nitrogens is 2. The lowest BCUT2D eigenvalue weighted by molar-refractivity contribution is 0.0117. The fraction of sp³-hybridized carbons (Fsp3) is 0.423. The zero-order valence-electron chi connectivity index (χ0n) is 20.8. The number of morpholine rings is 1. The maximum Gasteiger partial charge on any atom is 0.301 e. The molecular weight excluding hydrogens is 462 g/mol. The van der Waals surface area contributed by atoms with Crippen LogP contribution in [-0.2, 0) is 22.4 Å². The summed E-state index contributed by atoms with van der Waals surface area (Å²) in [4.78, 5) is 24.3. The van der Waals surface area contributed by atoms with Crippen molar-refractivity contribution in [1.82, 2.24) is 20.4 Å². The van der Waals surface area contributed by atoms with Crippen LogP contribution in [0, 0.1) is 0 Å². The summed E-state index contributed by atoms with van der Waals surface area (Å²) in [6.07, 6.45) is 0. The molecular formula is C26H33N5O3S. The van der Waals surface area contributed by atoms with Gasteiger partial charge in [-0.1, -0.05) is 62.9 Å². The number of nitrogens with one attached hydrogen (secondary N) is 1. The first-order chi connectivity index (χ1) is 16.8. The summed E-state index contributed by atoms with van der Waals surface area (Å²) in [5.41, 5.74) is 4.96. The second kappa shape index (κ2) is 11.2. The first-order valence-corrected chi connectivity index (χ1v) is 12.8. The van der Waals surface area contributed by atoms with E-state index in [2.05, 4.69) is 49.3 Å². The Balaban J connectivity index is 1.43. The number of benzene rings is 1. The van der Waals surface area contributed by atoms with Gasteiger partial charge in [-0.25, -0.2) is 15.0 Å². The number of anilines is 1. The Bertz CT molecular complexity index is 1120. The zero-order chi connectivity index (χ0) is 24.8. The van der Waals surface area contributed by atoms with Crippen molar-refractivity contribution in [3.05, 3.63) is 71.3 Å². The van der Waals surface area contributed by atoms with Gasteiger partial charge in [0, 0.05) is 38.2 Å². The van der Waals surface area contributed by atoms with Crippen LogP contribution in [0.4, 0.5) is 5.82 Å². The Hall–Kier alpha value is -2.88. The van der Waals surface area contributed by atoms with E-state index in [1.54, 1.807) is 6.07 Å². The highest BCUT2D eigenvalue weighted by atomic mass is 32.2. The minimum absolute atomic E-state index is 0.115. The van der Waals surface area contributed by atoms with Crippen LogP contribution >= 0.6 is 11.8 Å². The molecule has 0 saturated carbocycles. The fourth-order valence-corrected chi connectivity index (χ4v) is 4.33. The Morgan fingerprint density at radius 1 is 1.11 bits per heavy atom. The zero-order valence-corrected chi connectivity index (χ0v) is 21.6. The molecule has 1 amide bonds. The van der Waals surface area contributed by atoms with E-state index < -0.39 is 0 Å². The van der Waals surface area contributed by atoms with E-state index in [-0.39, 0.29) is 11.3 Å². The molecule has 0 bridgehead atoms. The van der Waals surface area contributed by atoms with E-state index in [9.17, 15) is 4.79 Å². The molecule has 1 aromatic carbocycles. The third-order valence-corrected chi connectivity index (χ3v) is 6.48. The van der Waals surface area contributed by atoms with Gasteiger partial charge in [0.1, 0.15) is 11.6 Å². The quantitative estimate of drug-likeness (QED) is 0.366. The van der Waals surface area contributed by atoms with Crippen molar-refractivity contribution in [3.8, 4) is 0 Å². The number of carbonyl (C=O) groups excluding carboxylic acids is 1. The number of hydrogen-bond donors (Lipinski definition) is 1. The molecule has 0 atom stereocenters. The van der Waals surface area contributed by atoms with E-state index in [1.165, 1.54) is 17.3 Å². The monoisotopic (exact) mass is 495 g/mol. The lowest BCUT2D eigenvalue weighted by atomic mass is 9.92. The lowest BCUT2D eigenvalue weighted by Crippen LogP contribution is -2.48. The molecule has 1 aliphatic rings. The van der Waals surface area contributed by atoms with E-state index in [1.807, 2.05) is 36.3 Å². The normalized spacial score (nSPS) is 14.6.